The van der Waals surface area contributed by atoms with Gasteiger partial charge in [0.15, 0.2) is 11.5 Å². The Morgan fingerprint density at radius 3 is 2.33 bits per heavy atom. The fraction of sp³-hybridized carbons (Fsp3) is 0.364. The topological polar surface area (TPSA) is 35.5 Å². The third-order valence-corrected chi connectivity index (χ3v) is 2.14. The van der Waals surface area contributed by atoms with E-state index < -0.39 is 6.67 Å². The normalized spacial score (nSPS) is 9.80. The molecule has 1 rings (SSSR count). The van der Waals surface area contributed by atoms with Crippen LogP contribution in [0.5, 0.6) is 11.5 Å². The Morgan fingerprint density at radius 2 is 1.87 bits per heavy atom. The van der Waals surface area contributed by atoms with Crippen LogP contribution in [0.25, 0.3) is 0 Å². The molecule has 0 aromatic heterocycles. The number of ether oxygens (including phenoxy) is 2. The van der Waals surface area contributed by atoms with Gasteiger partial charge in [0.2, 0.25) is 0 Å². The quantitative estimate of drug-likeness (QED) is 0.700. The molecule has 4 heteroatoms. The molecule has 0 aliphatic carbocycles. The average molecular weight is 212 g/mol. The molecule has 0 spiro atoms. The largest absolute Gasteiger partial charge is 0.493 e. The summed E-state index contributed by atoms with van der Waals surface area (Å²) in [6, 6.07) is 3.18. The molecule has 0 saturated heterocycles. The van der Waals surface area contributed by atoms with Crippen LogP contribution >= 0.6 is 0 Å². The van der Waals surface area contributed by atoms with E-state index in [0.717, 1.165) is 0 Å². The smallest absolute Gasteiger partial charge is 0.161 e. The number of aldehydes is 1. The minimum Gasteiger partial charge on any atom is -0.493 e. The summed E-state index contributed by atoms with van der Waals surface area (Å²) in [5.74, 6) is 0.980. The Balaban J connectivity index is 3.20. The maximum absolute atomic E-state index is 12.2. The molecule has 1 aromatic rings. The van der Waals surface area contributed by atoms with E-state index in [1.165, 1.54) is 14.2 Å². The van der Waals surface area contributed by atoms with Crippen molar-refractivity contribution < 1.29 is 18.7 Å². The lowest BCUT2D eigenvalue weighted by molar-refractivity contribution is 0.112. The summed E-state index contributed by atoms with van der Waals surface area (Å²) in [4.78, 5) is 10.8. The van der Waals surface area contributed by atoms with Crippen molar-refractivity contribution in [3.05, 3.63) is 23.3 Å². The van der Waals surface area contributed by atoms with Gasteiger partial charge in [-0.25, -0.2) is 0 Å². The van der Waals surface area contributed by atoms with Gasteiger partial charge in [0.1, 0.15) is 6.29 Å². The summed E-state index contributed by atoms with van der Waals surface area (Å²) in [6.45, 7) is -0.504. The molecule has 0 amide bonds. The van der Waals surface area contributed by atoms with E-state index in [2.05, 4.69) is 0 Å². The number of hydrogen-bond donors (Lipinski definition) is 0. The Kier molecular flexibility index (Phi) is 4.09. The maximum atomic E-state index is 12.2. The molecule has 15 heavy (non-hydrogen) atoms. The lowest BCUT2D eigenvalue weighted by Crippen LogP contribution is -1.99. The first-order valence-electron chi connectivity index (χ1n) is 4.52. The second kappa shape index (κ2) is 5.34. The number of aryl methyl sites for hydroxylation is 1. The lowest BCUT2D eigenvalue weighted by atomic mass is 10.0. The molecular formula is C11H13FO3. The molecule has 0 aliphatic heterocycles. The number of alkyl halides is 1. The van der Waals surface area contributed by atoms with Gasteiger partial charge in [-0.2, -0.15) is 0 Å². The molecule has 0 aliphatic rings. The van der Waals surface area contributed by atoms with Gasteiger partial charge in [0, 0.05) is 12.0 Å². The Morgan fingerprint density at radius 1 is 1.27 bits per heavy atom. The van der Waals surface area contributed by atoms with Crippen molar-refractivity contribution in [2.75, 3.05) is 20.9 Å². The molecule has 0 saturated carbocycles. The molecule has 0 heterocycles. The van der Waals surface area contributed by atoms with E-state index in [9.17, 15) is 9.18 Å². The zero-order chi connectivity index (χ0) is 11.3. The number of carbonyl (C=O) groups excluding carboxylic acids is 1. The summed E-state index contributed by atoms with van der Waals surface area (Å²) in [7, 11) is 2.99. The second-order valence-electron chi connectivity index (χ2n) is 2.96. The number of halogens is 1. The van der Waals surface area contributed by atoms with E-state index >= 15 is 0 Å². The van der Waals surface area contributed by atoms with Gasteiger partial charge in [0.05, 0.1) is 20.9 Å². The number of carbonyl (C=O) groups is 1. The highest BCUT2D eigenvalue weighted by Gasteiger charge is 2.10. The summed E-state index contributed by atoms with van der Waals surface area (Å²) in [5.41, 5.74) is 1.07. The molecule has 0 radical (unpaired) electrons. The van der Waals surface area contributed by atoms with Crippen LogP contribution < -0.4 is 9.47 Å². The molecule has 0 unspecified atom stereocenters. The highest BCUT2D eigenvalue weighted by Crippen LogP contribution is 2.30. The van der Waals surface area contributed by atoms with Crippen LogP contribution in [0.1, 0.15) is 15.9 Å². The third kappa shape index (κ3) is 2.46. The van der Waals surface area contributed by atoms with Gasteiger partial charge < -0.3 is 9.47 Å². The van der Waals surface area contributed by atoms with E-state index in [-0.39, 0.29) is 6.42 Å². The van der Waals surface area contributed by atoms with Crippen LogP contribution in [-0.4, -0.2) is 27.2 Å². The number of hydrogen-bond acceptors (Lipinski definition) is 3. The first-order chi connectivity index (χ1) is 7.26. The minimum absolute atomic E-state index is 0.203. The SMILES string of the molecule is COc1cc(C=O)c(CCF)cc1OC. The lowest BCUT2D eigenvalue weighted by Gasteiger charge is -2.11. The van der Waals surface area contributed by atoms with Crippen molar-refractivity contribution in [1.82, 2.24) is 0 Å². The highest BCUT2D eigenvalue weighted by molar-refractivity contribution is 5.79. The summed E-state index contributed by atoms with van der Waals surface area (Å²) in [6.07, 6.45) is 0.890. The Labute approximate surface area is 87.8 Å². The van der Waals surface area contributed by atoms with Crippen molar-refractivity contribution in [2.24, 2.45) is 0 Å². The van der Waals surface area contributed by atoms with Crippen molar-refractivity contribution in [1.29, 1.82) is 0 Å². The van der Waals surface area contributed by atoms with Gasteiger partial charge in [-0.3, -0.25) is 9.18 Å². The zero-order valence-electron chi connectivity index (χ0n) is 8.75. The van der Waals surface area contributed by atoms with Crippen molar-refractivity contribution in [2.45, 2.75) is 6.42 Å². The van der Waals surface area contributed by atoms with E-state index in [0.29, 0.717) is 28.9 Å². The summed E-state index contributed by atoms with van der Waals surface area (Å²) >= 11 is 0. The molecule has 0 atom stereocenters. The molecule has 3 nitrogen and oxygen atoms in total. The predicted molar refractivity (Wildman–Crippen MR) is 54.6 cm³/mol. The molecule has 82 valence electrons. The van der Waals surface area contributed by atoms with Crippen LogP contribution in [-0.2, 0) is 6.42 Å². The first-order valence-corrected chi connectivity index (χ1v) is 4.52. The minimum atomic E-state index is -0.504. The van der Waals surface area contributed by atoms with Gasteiger partial charge in [0.25, 0.3) is 0 Å². The zero-order valence-corrected chi connectivity index (χ0v) is 8.75. The average Bonchev–Trinajstić information content (AvgIpc) is 2.28. The standard InChI is InChI=1S/C11H13FO3/c1-14-10-5-8(3-4-12)9(7-13)6-11(10)15-2/h5-7H,3-4H2,1-2H3. The van der Waals surface area contributed by atoms with Gasteiger partial charge >= 0.3 is 0 Å². The van der Waals surface area contributed by atoms with Crippen LogP contribution in [0.3, 0.4) is 0 Å². The predicted octanol–water partition coefficient (Wildman–Crippen LogP) is 2.03. The van der Waals surface area contributed by atoms with Gasteiger partial charge in [-0.1, -0.05) is 0 Å². The van der Waals surface area contributed by atoms with Crippen molar-refractivity contribution in [3.63, 3.8) is 0 Å². The van der Waals surface area contributed by atoms with Crippen LogP contribution in [0, 0.1) is 0 Å². The van der Waals surface area contributed by atoms with E-state index in [4.69, 9.17) is 9.47 Å². The van der Waals surface area contributed by atoms with Crippen molar-refractivity contribution >= 4 is 6.29 Å². The fourth-order valence-corrected chi connectivity index (χ4v) is 1.36. The first kappa shape index (κ1) is 11.5. The third-order valence-electron chi connectivity index (χ3n) is 2.14. The van der Waals surface area contributed by atoms with E-state index in [1.54, 1.807) is 12.1 Å². The number of benzene rings is 1. The number of rotatable bonds is 5. The van der Waals surface area contributed by atoms with Gasteiger partial charge in [-0.15, -0.1) is 0 Å². The molecule has 0 bridgehead atoms. The molecular weight excluding hydrogens is 199 g/mol. The maximum Gasteiger partial charge on any atom is 0.161 e. The Hall–Kier alpha value is -1.58. The van der Waals surface area contributed by atoms with Crippen LogP contribution in [0.2, 0.25) is 0 Å². The number of methoxy groups -OCH3 is 2. The van der Waals surface area contributed by atoms with E-state index in [1.807, 2.05) is 0 Å². The van der Waals surface area contributed by atoms with Crippen LogP contribution in [0.15, 0.2) is 12.1 Å². The fourth-order valence-electron chi connectivity index (χ4n) is 1.36. The summed E-state index contributed by atoms with van der Waals surface area (Å²) in [5, 5.41) is 0. The van der Waals surface area contributed by atoms with Gasteiger partial charge in [-0.05, 0) is 17.7 Å². The molecule has 0 N–H and O–H groups in total. The molecule has 0 fully saturated rings. The Bertz CT molecular complexity index is 350. The summed E-state index contributed by atoms with van der Waals surface area (Å²) < 4.78 is 22.3. The van der Waals surface area contributed by atoms with Crippen molar-refractivity contribution in [3.8, 4) is 11.5 Å². The second-order valence-corrected chi connectivity index (χ2v) is 2.96. The monoisotopic (exact) mass is 212 g/mol. The highest BCUT2D eigenvalue weighted by atomic mass is 19.1. The van der Waals surface area contributed by atoms with Crippen LogP contribution in [0.4, 0.5) is 4.39 Å². The molecule has 1 aromatic carbocycles.